The van der Waals surface area contributed by atoms with E-state index in [1.165, 1.54) is 11.1 Å². The molecule has 0 aromatic carbocycles. The maximum atomic E-state index is 3.33. The maximum Gasteiger partial charge on any atom is 0.251 e. The van der Waals surface area contributed by atoms with Crippen LogP contribution in [0.3, 0.4) is 0 Å². The Morgan fingerprint density at radius 1 is 0.789 bits per heavy atom. The van der Waals surface area contributed by atoms with Gasteiger partial charge in [-0.15, -0.1) is 11.5 Å². The molecule has 0 fully saturated rings. The SMILES string of the molecule is CC(C)=C=CB(CB(C=C=C(C)C)N(C)C)N(C)C. The summed E-state index contributed by atoms with van der Waals surface area (Å²) < 4.78 is 0. The summed E-state index contributed by atoms with van der Waals surface area (Å²) in [7, 11) is 8.47. The van der Waals surface area contributed by atoms with E-state index in [4.69, 9.17) is 0 Å². The van der Waals surface area contributed by atoms with E-state index < -0.39 is 0 Å². The molecular formula is C15H28B2N2. The van der Waals surface area contributed by atoms with Crippen molar-refractivity contribution in [2.45, 2.75) is 33.9 Å². The van der Waals surface area contributed by atoms with Gasteiger partial charge in [-0.3, -0.25) is 0 Å². The molecule has 0 rings (SSSR count). The van der Waals surface area contributed by atoms with Crippen LogP contribution in [0.1, 0.15) is 27.7 Å². The van der Waals surface area contributed by atoms with Gasteiger partial charge in [-0.25, -0.2) is 0 Å². The predicted molar refractivity (Wildman–Crippen MR) is 89.6 cm³/mol. The van der Waals surface area contributed by atoms with Crippen LogP contribution in [0.25, 0.3) is 0 Å². The van der Waals surface area contributed by atoms with Gasteiger partial charge in [-0.05, 0) is 67.0 Å². The van der Waals surface area contributed by atoms with E-state index in [-0.39, 0.29) is 0 Å². The quantitative estimate of drug-likeness (QED) is 0.533. The van der Waals surface area contributed by atoms with Gasteiger partial charge in [-0.1, -0.05) is 18.2 Å². The van der Waals surface area contributed by atoms with Crippen molar-refractivity contribution >= 4 is 13.7 Å². The van der Waals surface area contributed by atoms with Crippen LogP contribution in [-0.4, -0.2) is 51.5 Å². The molecule has 0 atom stereocenters. The lowest BCUT2D eigenvalue weighted by molar-refractivity contribution is 0.632. The number of rotatable bonds is 6. The second kappa shape index (κ2) is 9.07. The predicted octanol–water partition coefficient (Wildman–Crippen LogP) is 2.95. The third-order valence-electron chi connectivity index (χ3n) is 2.94. The highest BCUT2D eigenvalue weighted by molar-refractivity contribution is 6.79. The molecule has 0 radical (unpaired) electrons. The Labute approximate surface area is 120 Å². The van der Waals surface area contributed by atoms with Crippen LogP contribution in [0.5, 0.6) is 0 Å². The van der Waals surface area contributed by atoms with Crippen molar-refractivity contribution in [3.63, 3.8) is 0 Å². The van der Waals surface area contributed by atoms with Crippen molar-refractivity contribution in [1.29, 1.82) is 0 Å². The first-order valence-electron chi connectivity index (χ1n) is 6.87. The second-order valence-electron chi connectivity index (χ2n) is 5.92. The van der Waals surface area contributed by atoms with Crippen LogP contribution in [0.15, 0.2) is 34.6 Å². The van der Waals surface area contributed by atoms with E-state index in [1.54, 1.807) is 0 Å². The molecule has 0 amide bonds. The highest BCUT2D eigenvalue weighted by Gasteiger charge is 2.23. The highest BCUT2D eigenvalue weighted by Crippen LogP contribution is 2.06. The first-order chi connectivity index (χ1) is 8.73. The maximum absolute atomic E-state index is 3.33. The third-order valence-corrected chi connectivity index (χ3v) is 2.94. The molecule has 0 aliphatic heterocycles. The number of hydrogen-bond donors (Lipinski definition) is 0. The van der Waals surface area contributed by atoms with E-state index >= 15 is 0 Å². The standard InChI is InChI=1S/C15H28B2N2/c1-14(2)9-11-16(18(5)6)13-17(19(7)8)12-10-15(3)4/h11-12H,13H2,1-8H3. The van der Waals surface area contributed by atoms with Crippen LogP contribution in [-0.2, 0) is 0 Å². The molecule has 104 valence electrons. The zero-order valence-corrected chi connectivity index (χ0v) is 13.9. The van der Waals surface area contributed by atoms with E-state index in [0.29, 0.717) is 13.7 Å². The summed E-state index contributed by atoms with van der Waals surface area (Å²) in [4.78, 5) is 4.48. The fraction of sp³-hybridized carbons (Fsp3) is 0.600. The minimum absolute atomic E-state index is 0.387. The number of nitrogens with zero attached hydrogens (tertiary/aromatic N) is 2. The van der Waals surface area contributed by atoms with Gasteiger partial charge in [0.15, 0.2) is 0 Å². The Morgan fingerprint density at radius 2 is 1.11 bits per heavy atom. The van der Waals surface area contributed by atoms with Crippen molar-refractivity contribution < 1.29 is 0 Å². The van der Waals surface area contributed by atoms with Gasteiger partial charge in [0.1, 0.15) is 0 Å². The summed E-state index contributed by atoms with van der Waals surface area (Å²) in [5.74, 6) is 4.34. The third kappa shape index (κ3) is 8.75. The van der Waals surface area contributed by atoms with Crippen LogP contribution in [0.4, 0.5) is 0 Å². The zero-order chi connectivity index (χ0) is 15.0. The minimum atomic E-state index is 0.387. The molecular weight excluding hydrogens is 230 g/mol. The first kappa shape index (κ1) is 18.1. The molecule has 0 aliphatic rings. The molecule has 0 aromatic heterocycles. The smallest absolute Gasteiger partial charge is 0.251 e. The summed E-state index contributed by atoms with van der Waals surface area (Å²) >= 11 is 0. The van der Waals surface area contributed by atoms with Crippen molar-refractivity contribution in [3.8, 4) is 0 Å². The first-order valence-corrected chi connectivity index (χ1v) is 6.87. The van der Waals surface area contributed by atoms with Crippen molar-refractivity contribution in [3.05, 3.63) is 34.6 Å². The fourth-order valence-corrected chi connectivity index (χ4v) is 1.63. The van der Waals surface area contributed by atoms with E-state index in [2.05, 4.69) is 88.9 Å². The van der Waals surface area contributed by atoms with E-state index in [1.807, 2.05) is 0 Å². The molecule has 0 aromatic rings. The summed E-state index contributed by atoms with van der Waals surface area (Å²) in [6.45, 7) is 9.09. The summed E-state index contributed by atoms with van der Waals surface area (Å²) in [5.41, 5.74) is 9.09. The van der Waals surface area contributed by atoms with Gasteiger partial charge in [0.25, 0.3) is 13.7 Å². The summed E-state index contributed by atoms with van der Waals surface area (Å²) in [6.07, 6.45) is 1.04. The van der Waals surface area contributed by atoms with Gasteiger partial charge in [0.2, 0.25) is 0 Å². The van der Waals surface area contributed by atoms with E-state index in [0.717, 1.165) is 6.22 Å². The molecule has 0 N–H and O–H groups in total. The normalized spacial score (nSPS) is 9.79. The zero-order valence-electron chi connectivity index (χ0n) is 13.9. The van der Waals surface area contributed by atoms with Crippen molar-refractivity contribution in [2.24, 2.45) is 0 Å². The van der Waals surface area contributed by atoms with Gasteiger partial charge in [0, 0.05) is 0 Å². The molecule has 0 bridgehead atoms. The van der Waals surface area contributed by atoms with Gasteiger partial charge in [0.05, 0.1) is 0 Å². The second-order valence-corrected chi connectivity index (χ2v) is 5.92. The average molecular weight is 258 g/mol. The topological polar surface area (TPSA) is 6.48 Å². The lowest BCUT2D eigenvalue weighted by Crippen LogP contribution is -2.41. The Kier molecular flexibility index (Phi) is 8.63. The molecule has 0 spiro atoms. The number of hydrogen-bond acceptors (Lipinski definition) is 2. The van der Waals surface area contributed by atoms with Gasteiger partial charge in [-0.2, -0.15) is 0 Å². The fourth-order valence-electron chi connectivity index (χ4n) is 1.63. The Balaban J connectivity index is 5.07. The molecule has 0 saturated heterocycles. The monoisotopic (exact) mass is 258 g/mol. The van der Waals surface area contributed by atoms with Gasteiger partial charge < -0.3 is 9.62 Å². The van der Waals surface area contributed by atoms with Gasteiger partial charge >= 0.3 is 0 Å². The lowest BCUT2D eigenvalue weighted by Gasteiger charge is -2.23. The van der Waals surface area contributed by atoms with Crippen molar-refractivity contribution in [2.75, 3.05) is 28.2 Å². The Bertz CT molecular complexity index is 352. The Morgan fingerprint density at radius 3 is 1.32 bits per heavy atom. The molecule has 0 heterocycles. The highest BCUT2D eigenvalue weighted by atomic mass is 15.0. The van der Waals surface area contributed by atoms with Crippen LogP contribution >= 0.6 is 0 Å². The molecule has 0 saturated carbocycles. The van der Waals surface area contributed by atoms with Crippen LogP contribution in [0, 0.1) is 0 Å². The average Bonchev–Trinajstić information content (AvgIpc) is 2.26. The molecule has 19 heavy (non-hydrogen) atoms. The number of allylic oxidation sites excluding steroid dienone is 2. The molecule has 0 unspecified atom stereocenters. The minimum Gasteiger partial charge on any atom is -0.344 e. The molecule has 0 aliphatic carbocycles. The summed E-state index contributed by atoms with van der Waals surface area (Å²) in [5, 5.41) is 0. The largest absolute Gasteiger partial charge is 0.344 e. The van der Waals surface area contributed by atoms with Crippen molar-refractivity contribution in [1.82, 2.24) is 9.62 Å². The summed E-state index contributed by atoms with van der Waals surface area (Å²) in [6, 6.07) is 0. The Hall–Kier alpha value is -0.910. The molecule has 2 nitrogen and oxygen atoms in total. The van der Waals surface area contributed by atoms with E-state index in [9.17, 15) is 0 Å². The van der Waals surface area contributed by atoms with Crippen LogP contribution in [0.2, 0.25) is 6.22 Å². The molecule has 4 heteroatoms. The van der Waals surface area contributed by atoms with Crippen LogP contribution < -0.4 is 0 Å². The lowest BCUT2D eigenvalue weighted by atomic mass is 9.38.